The number of rotatable bonds is 41. The summed E-state index contributed by atoms with van der Waals surface area (Å²) < 4.78 is 49.3. The third-order valence-corrected chi connectivity index (χ3v) is 10.1. The van der Waals surface area contributed by atoms with Crippen molar-refractivity contribution in [2.24, 2.45) is 4.99 Å². The fraction of sp³-hybridized carbons (Fsp3) is 0.596. The molecule has 2 aromatic carbocycles. The summed E-state index contributed by atoms with van der Waals surface area (Å²) in [5, 5.41) is 26.0. The van der Waals surface area contributed by atoms with E-state index in [0.717, 1.165) is 13.0 Å². The highest BCUT2D eigenvalue weighted by Crippen LogP contribution is 2.17. The fourth-order valence-electron chi connectivity index (χ4n) is 5.88. The van der Waals surface area contributed by atoms with Gasteiger partial charge in [0.2, 0.25) is 17.7 Å². The van der Waals surface area contributed by atoms with Crippen LogP contribution in [-0.4, -0.2) is 196 Å². The zero-order valence-corrected chi connectivity index (χ0v) is 41.3. The molecule has 3 rings (SSSR count). The highest BCUT2D eigenvalue weighted by molar-refractivity contribution is 8.13. The summed E-state index contributed by atoms with van der Waals surface area (Å²) in [6.07, 6.45) is 0.976. The number of amides is 4. The Bertz CT molecular complexity index is 1880. The van der Waals surface area contributed by atoms with Crippen molar-refractivity contribution >= 4 is 63.8 Å². The number of nitrogens with one attached hydrogen (secondary N) is 6. The second-order valence-corrected chi connectivity index (χ2v) is 16.4. The number of carboxylic acid groups (broad SMARTS) is 1. The SMILES string of the molecule is CC(=O)SCCOCCOCCOCCOCCOCCOCCOCCOCCC(=O)NCCCOc1ccc(NC(=O)C(CC(=O)O)NC(=O)CNC(=O)c2cccc(NC3=NCCCN3)c2)cc1. The monoisotopic (exact) mass is 1020 g/mol. The van der Waals surface area contributed by atoms with Gasteiger partial charge in [0.25, 0.3) is 5.91 Å². The molecule has 0 aliphatic carbocycles. The Hall–Kier alpha value is -5.44. The van der Waals surface area contributed by atoms with Gasteiger partial charge in [-0.1, -0.05) is 17.8 Å². The van der Waals surface area contributed by atoms with Crippen LogP contribution in [0.1, 0.15) is 43.0 Å². The second kappa shape index (κ2) is 39.2. The average Bonchev–Trinajstić information content (AvgIpc) is 3.35. The lowest BCUT2D eigenvalue weighted by atomic mass is 10.1. The summed E-state index contributed by atoms with van der Waals surface area (Å²) in [7, 11) is 0. The zero-order chi connectivity index (χ0) is 51.0. The van der Waals surface area contributed by atoms with Crippen LogP contribution in [-0.2, 0) is 61.9 Å². The smallest absolute Gasteiger partial charge is 0.305 e. The summed E-state index contributed by atoms with van der Waals surface area (Å²) in [6.45, 7) is 10.2. The molecule has 1 heterocycles. The van der Waals surface area contributed by atoms with Crippen LogP contribution in [0.15, 0.2) is 53.5 Å². The van der Waals surface area contributed by atoms with E-state index in [0.29, 0.717) is 154 Å². The number of anilines is 2. The summed E-state index contributed by atoms with van der Waals surface area (Å²) in [5.41, 5.74) is 1.25. The molecule has 0 bridgehead atoms. The van der Waals surface area contributed by atoms with Crippen molar-refractivity contribution in [1.82, 2.24) is 21.3 Å². The third-order valence-electron chi connectivity index (χ3n) is 9.37. The maximum Gasteiger partial charge on any atom is 0.305 e. The maximum absolute atomic E-state index is 13.0. The first kappa shape index (κ1) is 59.9. The lowest BCUT2D eigenvalue weighted by molar-refractivity contribution is -0.139. The second-order valence-electron chi connectivity index (χ2n) is 15.2. The van der Waals surface area contributed by atoms with Crippen molar-refractivity contribution in [3.63, 3.8) is 0 Å². The molecular weight excluding hydrogens is 951 g/mol. The lowest BCUT2D eigenvalue weighted by Gasteiger charge is -2.18. The Morgan fingerprint density at radius 2 is 1.27 bits per heavy atom. The van der Waals surface area contributed by atoms with Gasteiger partial charge in [0.1, 0.15) is 11.8 Å². The van der Waals surface area contributed by atoms with E-state index in [1.165, 1.54) is 18.7 Å². The number of nitrogens with zero attached hydrogens (tertiary/aromatic N) is 1. The van der Waals surface area contributed by atoms with Crippen molar-refractivity contribution in [1.29, 1.82) is 0 Å². The molecule has 1 unspecified atom stereocenters. The number of thioether (sulfide) groups is 1. The number of aliphatic carboxylic acids is 1. The molecule has 1 aliphatic heterocycles. The van der Waals surface area contributed by atoms with Gasteiger partial charge in [0.15, 0.2) is 11.1 Å². The predicted octanol–water partition coefficient (Wildman–Crippen LogP) is 1.46. The molecule has 24 heteroatoms. The summed E-state index contributed by atoms with van der Waals surface area (Å²) >= 11 is 1.25. The molecule has 0 saturated carbocycles. The molecule has 4 amide bonds. The zero-order valence-electron chi connectivity index (χ0n) is 40.5. The number of hydrogen-bond acceptors (Lipinski definition) is 19. The largest absolute Gasteiger partial charge is 0.494 e. The Kier molecular flexibility index (Phi) is 33.1. The number of carboxylic acids is 1. The summed E-state index contributed by atoms with van der Waals surface area (Å²) in [4.78, 5) is 77.3. The quantitative estimate of drug-likeness (QED) is 0.0464. The minimum atomic E-state index is -1.42. The van der Waals surface area contributed by atoms with Gasteiger partial charge in [0, 0.05) is 55.7 Å². The van der Waals surface area contributed by atoms with Crippen LogP contribution in [0.5, 0.6) is 5.75 Å². The standard InChI is InChI=1S/C47H71N7O16S/c1-36(55)71-32-31-69-30-29-68-28-27-67-26-25-66-24-23-65-22-21-64-20-19-63-18-17-62-16-11-42(56)48-14-4-15-70-40-9-7-38(8-10-40)52-46(61)41(34-44(58)59)54-43(57)35-51-45(60)37-5-2-6-39(33-37)53-47-49-12-3-13-50-47/h2,5-10,33,41H,3-4,11-32,34-35H2,1H3,(H,48,56)(H,51,60)(H,52,61)(H,54,57)(H,58,59)(H2,49,50,53). The van der Waals surface area contributed by atoms with Crippen molar-refractivity contribution in [3.8, 4) is 5.75 Å². The molecule has 0 fully saturated rings. The first-order valence-corrected chi connectivity index (χ1v) is 24.6. The van der Waals surface area contributed by atoms with Gasteiger partial charge >= 0.3 is 5.97 Å². The number of benzene rings is 2. The minimum Gasteiger partial charge on any atom is -0.494 e. The summed E-state index contributed by atoms with van der Waals surface area (Å²) in [5.74, 6) is -1.76. The van der Waals surface area contributed by atoms with Gasteiger partial charge in [-0.05, 0) is 55.3 Å². The topological polar surface area (TPSA) is 290 Å². The van der Waals surface area contributed by atoms with E-state index in [2.05, 4.69) is 36.9 Å². The fourth-order valence-corrected chi connectivity index (χ4v) is 6.36. The van der Waals surface area contributed by atoms with E-state index in [4.69, 9.17) is 42.6 Å². The molecule has 71 heavy (non-hydrogen) atoms. The van der Waals surface area contributed by atoms with E-state index in [9.17, 15) is 33.9 Å². The molecule has 1 atom stereocenters. The van der Waals surface area contributed by atoms with Gasteiger partial charge in [0.05, 0.1) is 125 Å². The number of guanidine groups is 1. The number of aliphatic imine (C=N–C) groups is 1. The Morgan fingerprint density at radius 1 is 0.690 bits per heavy atom. The molecule has 1 aliphatic rings. The first-order valence-electron chi connectivity index (χ1n) is 23.6. The molecule has 0 spiro atoms. The number of carbonyl (C=O) groups excluding carboxylic acids is 5. The van der Waals surface area contributed by atoms with Crippen LogP contribution in [0.4, 0.5) is 11.4 Å². The molecule has 0 aromatic heterocycles. The highest BCUT2D eigenvalue weighted by Gasteiger charge is 2.24. The minimum absolute atomic E-state index is 0.0868. The van der Waals surface area contributed by atoms with Crippen molar-refractivity contribution in [3.05, 3.63) is 54.1 Å². The normalized spacial score (nSPS) is 12.5. The van der Waals surface area contributed by atoms with Gasteiger partial charge in [-0.3, -0.25) is 33.8 Å². The van der Waals surface area contributed by atoms with Gasteiger partial charge in [-0.15, -0.1) is 0 Å². The molecule has 7 N–H and O–H groups in total. The van der Waals surface area contributed by atoms with E-state index < -0.39 is 42.7 Å². The van der Waals surface area contributed by atoms with Gasteiger partial charge in [-0.25, -0.2) is 0 Å². The van der Waals surface area contributed by atoms with Crippen LogP contribution in [0.2, 0.25) is 0 Å². The number of carbonyl (C=O) groups is 6. The molecule has 23 nitrogen and oxygen atoms in total. The lowest BCUT2D eigenvalue weighted by Crippen LogP contribution is -2.48. The Balaban J connectivity index is 1.10. The molecular formula is C47H71N7O16S. The summed E-state index contributed by atoms with van der Waals surface area (Å²) in [6, 6.07) is 11.6. The average molecular weight is 1020 g/mol. The van der Waals surface area contributed by atoms with Crippen LogP contribution in [0, 0.1) is 0 Å². The molecule has 0 radical (unpaired) electrons. The van der Waals surface area contributed by atoms with E-state index >= 15 is 0 Å². The van der Waals surface area contributed by atoms with Crippen molar-refractivity contribution in [2.45, 2.75) is 38.6 Å². The number of ether oxygens (including phenoxy) is 9. The molecule has 396 valence electrons. The van der Waals surface area contributed by atoms with Crippen LogP contribution in [0.3, 0.4) is 0 Å². The predicted molar refractivity (Wildman–Crippen MR) is 264 cm³/mol. The maximum atomic E-state index is 13.0. The van der Waals surface area contributed by atoms with Crippen molar-refractivity contribution < 1.29 is 76.5 Å². The van der Waals surface area contributed by atoms with Gasteiger partial charge < -0.3 is 79.6 Å². The van der Waals surface area contributed by atoms with Crippen LogP contribution < -0.4 is 36.6 Å². The van der Waals surface area contributed by atoms with E-state index in [1.54, 1.807) is 48.5 Å². The third kappa shape index (κ3) is 31.5. The highest BCUT2D eigenvalue weighted by atomic mass is 32.2. The van der Waals surface area contributed by atoms with E-state index in [1.807, 2.05) is 0 Å². The Morgan fingerprint density at radius 3 is 1.82 bits per heavy atom. The molecule has 0 saturated heterocycles. The Labute approximate surface area is 418 Å². The van der Waals surface area contributed by atoms with E-state index in [-0.39, 0.29) is 29.6 Å². The van der Waals surface area contributed by atoms with Crippen molar-refractivity contribution in [2.75, 3.05) is 155 Å². The first-order chi connectivity index (χ1) is 34.6. The van der Waals surface area contributed by atoms with Crippen LogP contribution >= 0.6 is 11.8 Å². The molecule has 2 aromatic rings. The van der Waals surface area contributed by atoms with Gasteiger partial charge in [-0.2, -0.15) is 0 Å². The number of hydrogen-bond donors (Lipinski definition) is 7. The van der Waals surface area contributed by atoms with Crippen LogP contribution in [0.25, 0.3) is 0 Å².